The number of fused-ring (bicyclic) bond motifs is 1. The summed E-state index contributed by atoms with van der Waals surface area (Å²) < 4.78 is 0. The van der Waals surface area contributed by atoms with Crippen molar-refractivity contribution in [1.29, 1.82) is 0 Å². The summed E-state index contributed by atoms with van der Waals surface area (Å²) >= 11 is 0. The van der Waals surface area contributed by atoms with Crippen molar-refractivity contribution >= 4 is 0 Å². The summed E-state index contributed by atoms with van der Waals surface area (Å²) in [5, 5.41) is 3.66. The van der Waals surface area contributed by atoms with Crippen molar-refractivity contribution in [1.82, 2.24) is 10.2 Å². The van der Waals surface area contributed by atoms with Crippen molar-refractivity contribution in [2.75, 3.05) is 13.1 Å². The Balaban J connectivity index is 1.57. The number of hydrogen-bond donors (Lipinski definition) is 1. The average molecular weight is 264 g/mol. The van der Waals surface area contributed by atoms with Gasteiger partial charge in [-0.15, -0.1) is 0 Å². The summed E-state index contributed by atoms with van der Waals surface area (Å²) in [6.07, 6.45) is 11.9. The first-order valence-corrected chi connectivity index (χ1v) is 8.75. The number of nitrogens with zero attached hydrogens (tertiary/aromatic N) is 1. The van der Waals surface area contributed by atoms with E-state index in [4.69, 9.17) is 0 Å². The fourth-order valence-electron chi connectivity index (χ4n) is 4.69. The number of likely N-dealkylation sites (tertiary alicyclic amines) is 1. The largest absolute Gasteiger partial charge is 0.314 e. The standard InChI is InChI=1S/C17H32N2/c1-13(2)18-12-15-9-10-17(15)19-11-5-7-14-6-3-4-8-16(14)19/h13-18H,3-12H2,1-2H3/t14-,15?,16-,17?/m1/s1. The van der Waals surface area contributed by atoms with E-state index in [2.05, 4.69) is 24.1 Å². The van der Waals surface area contributed by atoms with E-state index in [-0.39, 0.29) is 0 Å². The maximum Gasteiger partial charge on any atom is 0.0139 e. The Kier molecular flexibility index (Phi) is 4.48. The molecule has 1 saturated heterocycles. The van der Waals surface area contributed by atoms with Gasteiger partial charge in [0.1, 0.15) is 0 Å². The summed E-state index contributed by atoms with van der Waals surface area (Å²) in [6, 6.07) is 2.51. The van der Waals surface area contributed by atoms with Crippen LogP contribution in [0.3, 0.4) is 0 Å². The quantitative estimate of drug-likeness (QED) is 0.837. The maximum absolute atomic E-state index is 3.66. The molecule has 1 aliphatic heterocycles. The van der Waals surface area contributed by atoms with Gasteiger partial charge in [0.05, 0.1) is 0 Å². The molecule has 0 aromatic rings. The van der Waals surface area contributed by atoms with Gasteiger partial charge in [-0.05, 0) is 63.5 Å². The third-order valence-electron chi connectivity index (χ3n) is 5.88. The molecule has 3 fully saturated rings. The highest BCUT2D eigenvalue weighted by Crippen LogP contribution is 2.41. The van der Waals surface area contributed by atoms with Gasteiger partial charge in [-0.2, -0.15) is 0 Å². The van der Waals surface area contributed by atoms with Gasteiger partial charge in [0.2, 0.25) is 0 Å². The molecule has 0 aromatic heterocycles. The fraction of sp³-hybridized carbons (Fsp3) is 1.00. The van der Waals surface area contributed by atoms with Crippen LogP contribution >= 0.6 is 0 Å². The van der Waals surface area contributed by atoms with Gasteiger partial charge < -0.3 is 5.32 Å². The number of rotatable bonds is 4. The zero-order chi connectivity index (χ0) is 13.2. The van der Waals surface area contributed by atoms with E-state index >= 15 is 0 Å². The smallest absolute Gasteiger partial charge is 0.0139 e. The predicted molar refractivity (Wildman–Crippen MR) is 81.3 cm³/mol. The lowest BCUT2D eigenvalue weighted by Gasteiger charge is -2.53. The van der Waals surface area contributed by atoms with Crippen LogP contribution in [0.25, 0.3) is 0 Å². The summed E-state index contributed by atoms with van der Waals surface area (Å²) in [5.41, 5.74) is 0. The minimum Gasteiger partial charge on any atom is -0.314 e. The van der Waals surface area contributed by atoms with Crippen LogP contribution in [0.15, 0.2) is 0 Å². The highest BCUT2D eigenvalue weighted by atomic mass is 15.2. The van der Waals surface area contributed by atoms with Crippen LogP contribution in [-0.2, 0) is 0 Å². The SMILES string of the molecule is CC(C)NCC1CCC1N1CCC[C@H]2CCCC[C@H]21. The van der Waals surface area contributed by atoms with E-state index in [0.717, 1.165) is 23.9 Å². The molecular weight excluding hydrogens is 232 g/mol. The van der Waals surface area contributed by atoms with Crippen LogP contribution in [0.4, 0.5) is 0 Å². The lowest BCUT2D eigenvalue weighted by atomic mass is 9.72. The molecule has 1 N–H and O–H groups in total. The average Bonchev–Trinajstić information content (AvgIpc) is 2.38. The molecular formula is C17H32N2. The first kappa shape index (κ1) is 13.9. The normalized spacial score (nSPS) is 39.9. The Morgan fingerprint density at radius 1 is 0.947 bits per heavy atom. The molecule has 19 heavy (non-hydrogen) atoms. The van der Waals surface area contributed by atoms with Crippen molar-refractivity contribution in [3.8, 4) is 0 Å². The van der Waals surface area contributed by atoms with E-state index < -0.39 is 0 Å². The zero-order valence-corrected chi connectivity index (χ0v) is 12.9. The van der Waals surface area contributed by atoms with E-state index in [1.165, 1.54) is 64.5 Å². The van der Waals surface area contributed by atoms with Crippen LogP contribution in [0.5, 0.6) is 0 Å². The van der Waals surface area contributed by atoms with Crippen molar-refractivity contribution in [3.63, 3.8) is 0 Å². The predicted octanol–water partition coefficient (Wildman–Crippen LogP) is 3.42. The molecule has 2 saturated carbocycles. The lowest BCUT2D eigenvalue weighted by molar-refractivity contribution is -0.0321. The Hall–Kier alpha value is -0.0800. The highest BCUT2D eigenvalue weighted by Gasteiger charge is 2.42. The molecule has 110 valence electrons. The summed E-state index contributed by atoms with van der Waals surface area (Å²) in [4.78, 5) is 2.95. The molecule has 2 nitrogen and oxygen atoms in total. The molecule has 1 heterocycles. The molecule has 2 unspecified atom stereocenters. The maximum atomic E-state index is 3.66. The van der Waals surface area contributed by atoms with Gasteiger partial charge in [0.25, 0.3) is 0 Å². The molecule has 3 aliphatic rings. The minimum atomic E-state index is 0.644. The monoisotopic (exact) mass is 264 g/mol. The van der Waals surface area contributed by atoms with Crippen molar-refractivity contribution in [3.05, 3.63) is 0 Å². The van der Waals surface area contributed by atoms with Crippen LogP contribution < -0.4 is 5.32 Å². The molecule has 0 spiro atoms. The van der Waals surface area contributed by atoms with Crippen molar-refractivity contribution in [2.45, 2.75) is 83.3 Å². The van der Waals surface area contributed by atoms with E-state index in [1.807, 2.05) is 0 Å². The van der Waals surface area contributed by atoms with Gasteiger partial charge in [-0.3, -0.25) is 4.90 Å². The zero-order valence-electron chi connectivity index (χ0n) is 12.9. The van der Waals surface area contributed by atoms with E-state index in [9.17, 15) is 0 Å². The molecule has 2 aliphatic carbocycles. The van der Waals surface area contributed by atoms with Crippen LogP contribution in [0.2, 0.25) is 0 Å². The second kappa shape index (κ2) is 6.13. The van der Waals surface area contributed by atoms with Crippen molar-refractivity contribution in [2.24, 2.45) is 11.8 Å². The number of nitrogens with one attached hydrogen (secondary N) is 1. The Morgan fingerprint density at radius 3 is 2.47 bits per heavy atom. The molecule has 3 rings (SSSR count). The fourth-order valence-corrected chi connectivity index (χ4v) is 4.69. The highest BCUT2D eigenvalue weighted by molar-refractivity contribution is 4.97. The topological polar surface area (TPSA) is 15.3 Å². The van der Waals surface area contributed by atoms with Crippen LogP contribution in [0, 0.1) is 11.8 Å². The van der Waals surface area contributed by atoms with Crippen LogP contribution in [0.1, 0.15) is 65.2 Å². The van der Waals surface area contributed by atoms with Gasteiger partial charge in [0.15, 0.2) is 0 Å². The van der Waals surface area contributed by atoms with Crippen LogP contribution in [-0.4, -0.2) is 36.1 Å². The summed E-state index contributed by atoms with van der Waals surface area (Å²) in [5.74, 6) is 1.98. The molecule has 0 amide bonds. The first-order valence-electron chi connectivity index (χ1n) is 8.75. The van der Waals surface area contributed by atoms with E-state index in [0.29, 0.717) is 6.04 Å². The number of hydrogen-bond acceptors (Lipinski definition) is 2. The molecule has 0 aromatic carbocycles. The Bertz CT molecular complexity index is 287. The lowest BCUT2D eigenvalue weighted by Crippen LogP contribution is -2.58. The second-order valence-corrected chi connectivity index (χ2v) is 7.46. The molecule has 2 heteroatoms. The van der Waals surface area contributed by atoms with Gasteiger partial charge in [-0.25, -0.2) is 0 Å². The van der Waals surface area contributed by atoms with E-state index in [1.54, 1.807) is 0 Å². The second-order valence-electron chi connectivity index (χ2n) is 7.46. The molecule has 4 atom stereocenters. The Morgan fingerprint density at radius 2 is 1.74 bits per heavy atom. The Labute approximate surface area is 119 Å². The third kappa shape index (κ3) is 3.00. The van der Waals surface area contributed by atoms with Crippen molar-refractivity contribution < 1.29 is 0 Å². The van der Waals surface area contributed by atoms with Gasteiger partial charge in [0, 0.05) is 18.1 Å². The van der Waals surface area contributed by atoms with Gasteiger partial charge in [-0.1, -0.05) is 26.7 Å². The van der Waals surface area contributed by atoms with Gasteiger partial charge >= 0.3 is 0 Å². The number of piperidine rings is 1. The minimum absolute atomic E-state index is 0.644. The molecule has 0 bridgehead atoms. The summed E-state index contributed by atoms with van der Waals surface area (Å²) in [6.45, 7) is 7.18. The summed E-state index contributed by atoms with van der Waals surface area (Å²) in [7, 11) is 0. The molecule has 0 radical (unpaired) electrons. The third-order valence-corrected chi connectivity index (χ3v) is 5.88. The first-order chi connectivity index (χ1) is 9.25.